The molecule has 0 fully saturated rings. The average Bonchev–Trinajstić information content (AvgIpc) is 2.89. The lowest BCUT2D eigenvalue weighted by molar-refractivity contribution is 0.953. The summed E-state index contributed by atoms with van der Waals surface area (Å²) in [5.74, 6) is 0.443. The van der Waals surface area contributed by atoms with Gasteiger partial charge in [-0.3, -0.25) is 4.57 Å². The van der Waals surface area contributed by atoms with Gasteiger partial charge in [-0.05, 0) is 64.8 Å². The number of hydrogen-bond donors (Lipinski definition) is 0. The maximum atomic E-state index is 10.8. The van der Waals surface area contributed by atoms with E-state index in [1.54, 1.807) is 18.2 Å². The Morgan fingerprint density at radius 3 is 1.17 bits per heavy atom. The predicted octanol–water partition coefficient (Wildman–Crippen LogP) is 10.7. The van der Waals surface area contributed by atoms with Gasteiger partial charge in [-0.25, -0.2) is 4.98 Å². The molecule has 6 heteroatoms. The number of benzene rings is 11. The minimum Gasteiger partial charge on any atom is -0.278 e. The van der Waals surface area contributed by atoms with Crippen LogP contribution in [0.3, 0.4) is 0 Å². The van der Waals surface area contributed by atoms with E-state index in [0.29, 0.717) is 16.3 Å². The normalized spacial score (nSPS) is 13.4. The van der Waals surface area contributed by atoms with Crippen LogP contribution in [0.15, 0.2) is 303 Å². The number of aromatic nitrogens is 4. The smallest absolute Gasteiger partial charge is 0.238 e. The zero-order valence-corrected chi connectivity index (χ0v) is 42.5. The highest BCUT2D eigenvalue weighted by molar-refractivity contribution is 7.20. The van der Waals surface area contributed by atoms with E-state index in [-0.39, 0.29) is 58.1 Å². The summed E-state index contributed by atoms with van der Waals surface area (Å²) in [4.78, 5) is 16.0. The molecule has 4 nitrogen and oxygen atoms in total. The van der Waals surface area contributed by atoms with E-state index in [2.05, 4.69) is 97.1 Å². The summed E-state index contributed by atoms with van der Waals surface area (Å²) < 4.78 is 86.5. The molecule has 2 aromatic heterocycles. The Morgan fingerprint density at radius 1 is 0.293 bits per heavy atom. The summed E-state index contributed by atoms with van der Waals surface area (Å²) >= 11 is 0. The third-order valence-corrected chi connectivity index (χ3v) is 23.7. The third kappa shape index (κ3) is 7.95. The lowest BCUT2D eigenvalue weighted by Gasteiger charge is -2.35. The molecule has 0 spiro atoms. The van der Waals surface area contributed by atoms with Crippen molar-refractivity contribution in [1.82, 2.24) is 19.5 Å². The average molecular weight is 1000 g/mol. The topological polar surface area (TPSA) is 43.6 Å². The Bertz CT molecular complexity index is 4450. The molecule has 0 aliphatic rings. The van der Waals surface area contributed by atoms with E-state index in [9.17, 15) is 5.48 Å². The zero-order chi connectivity index (χ0) is 57.9. The van der Waals surface area contributed by atoms with Gasteiger partial charge in [0, 0.05) is 21.9 Å². The summed E-state index contributed by atoms with van der Waals surface area (Å²) in [6.07, 6.45) is 0. The van der Waals surface area contributed by atoms with Gasteiger partial charge in [0.05, 0.1) is 23.4 Å². The number of para-hydroxylation sites is 2. The van der Waals surface area contributed by atoms with Crippen LogP contribution in [0.5, 0.6) is 0 Å². The van der Waals surface area contributed by atoms with Crippen LogP contribution in [0.1, 0.15) is 12.3 Å². The van der Waals surface area contributed by atoms with Gasteiger partial charge in [-0.15, -0.1) is 0 Å². The molecule has 0 aliphatic heterocycles. The fourth-order valence-corrected chi connectivity index (χ4v) is 20.4. The molecular formula is C69H50N4Si2. The molecule has 0 amide bonds. The molecule has 2 heterocycles. The van der Waals surface area contributed by atoms with E-state index in [4.69, 9.17) is 21.8 Å². The summed E-state index contributed by atoms with van der Waals surface area (Å²) in [5.41, 5.74) is 2.56. The Kier molecular flexibility index (Phi) is 9.55. The summed E-state index contributed by atoms with van der Waals surface area (Å²) in [6.45, 7) is 0. The highest BCUT2D eigenvalue weighted by Gasteiger charge is 2.43. The maximum absolute atomic E-state index is 10.8. The van der Waals surface area contributed by atoms with Crippen molar-refractivity contribution >= 4 is 79.4 Å². The second-order valence-electron chi connectivity index (χ2n) is 18.4. The standard InChI is InChI=1S/C69H50N4Si2/c1-7-26-51(27-8-1)52-28-23-41-60(48-52)75(58-37-15-5-16-38-58,59-39-17-6-18-40-59)62-43-25-30-54(50-62)68-70-67(71-69(72-68)73-65-46-21-19-44-63(65)64-45-20-22-47-66(64)73)53-29-24-42-61(49-53)74(55-31-9-2-10-32-55,56-33-11-3-12-34-56)57-35-13-4-14-36-57/h1-50H/i1D,7D,8D,25D,26D,27D,30D,43D,50D. The maximum Gasteiger partial charge on any atom is 0.238 e. The van der Waals surface area contributed by atoms with Gasteiger partial charge in [-0.2, -0.15) is 9.97 Å². The summed E-state index contributed by atoms with van der Waals surface area (Å²) in [5, 5.41) is 8.78. The fraction of sp³-hybridized carbons (Fsp3) is 0. The SMILES string of the molecule is [2H]c1c([2H])c([2H])c(-c2cccc([Si](c3ccccc3)(c3ccccc3)c3c([2H])c([2H])c([2H])c(-c4nc(-c5cccc([Si](c6ccccc6)(c6ccccc6)c6ccccc6)c5)nc(-n5c6ccccc6c6ccccc65)n4)c3[2H])c2)c([2H])c1[2H]. The van der Waals surface area contributed by atoms with E-state index >= 15 is 0 Å². The Balaban J connectivity index is 1.13. The number of fused-ring (bicyclic) bond motifs is 3. The molecule has 75 heavy (non-hydrogen) atoms. The van der Waals surface area contributed by atoms with Gasteiger partial charge in [0.2, 0.25) is 5.95 Å². The van der Waals surface area contributed by atoms with Crippen molar-refractivity contribution in [3.05, 3.63) is 303 Å². The largest absolute Gasteiger partial charge is 0.278 e. The van der Waals surface area contributed by atoms with E-state index in [0.717, 1.165) is 37.4 Å². The molecule has 0 atom stereocenters. The molecule has 0 unspecified atom stereocenters. The molecule has 354 valence electrons. The Hall–Kier alpha value is -9.34. The van der Waals surface area contributed by atoms with Crippen molar-refractivity contribution in [3.63, 3.8) is 0 Å². The number of hydrogen-bond acceptors (Lipinski definition) is 3. The zero-order valence-electron chi connectivity index (χ0n) is 49.5. The molecular weight excluding hydrogens is 941 g/mol. The third-order valence-electron chi connectivity index (χ3n) is 14.3. The minimum atomic E-state index is -4.09. The predicted molar refractivity (Wildman–Crippen MR) is 318 cm³/mol. The van der Waals surface area contributed by atoms with Gasteiger partial charge in [0.25, 0.3) is 0 Å². The first kappa shape index (κ1) is 36.6. The van der Waals surface area contributed by atoms with Gasteiger partial charge in [0.15, 0.2) is 27.8 Å². The molecule has 13 rings (SSSR count). The van der Waals surface area contributed by atoms with Crippen LogP contribution >= 0.6 is 0 Å². The van der Waals surface area contributed by atoms with Gasteiger partial charge >= 0.3 is 0 Å². The van der Waals surface area contributed by atoms with Crippen molar-refractivity contribution in [3.8, 4) is 39.9 Å². The fourth-order valence-electron chi connectivity index (χ4n) is 11.1. The highest BCUT2D eigenvalue weighted by atomic mass is 28.3. The molecule has 0 saturated heterocycles. The van der Waals surface area contributed by atoms with E-state index in [1.165, 1.54) is 15.6 Å². The van der Waals surface area contributed by atoms with Crippen molar-refractivity contribution in [2.45, 2.75) is 0 Å². The molecule has 0 bridgehead atoms. The minimum absolute atomic E-state index is 0.00281. The van der Waals surface area contributed by atoms with Crippen molar-refractivity contribution in [2.24, 2.45) is 0 Å². The monoisotopic (exact) mass is 999 g/mol. The molecule has 13 aromatic rings. The summed E-state index contributed by atoms with van der Waals surface area (Å²) in [6, 6.07) is 78.9. The van der Waals surface area contributed by atoms with Crippen LogP contribution in [0, 0.1) is 0 Å². The Labute approximate surface area is 452 Å². The van der Waals surface area contributed by atoms with Crippen molar-refractivity contribution in [2.75, 3.05) is 0 Å². The van der Waals surface area contributed by atoms with Crippen LogP contribution in [0.2, 0.25) is 0 Å². The van der Waals surface area contributed by atoms with Crippen molar-refractivity contribution in [1.29, 1.82) is 0 Å². The van der Waals surface area contributed by atoms with Crippen molar-refractivity contribution < 1.29 is 12.3 Å². The first-order valence-electron chi connectivity index (χ1n) is 29.4. The number of rotatable bonds is 12. The summed E-state index contributed by atoms with van der Waals surface area (Å²) in [7, 11) is -7.19. The lowest BCUT2D eigenvalue weighted by Crippen LogP contribution is -2.74. The highest BCUT2D eigenvalue weighted by Crippen LogP contribution is 2.32. The second kappa shape index (κ2) is 19.6. The molecule has 0 saturated carbocycles. The van der Waals surface area contributed by atoms with Crippen LogP contribution in [0.25, 0.3) is 61.7 Å². The van der Waals surface area contributed by atoms with E-state index in [1.807, 2.05) is 138 Å². The van der Waals surface area contributed by atoms with Gasteiger partial charge in [-0.1, -0.05) is 291 Å². The van der Waals surface area contributed by atoms with Crippen LogP contribution in [-0.2, 0) is 0 Å². The molecule has 0 radical (unpaired) electrons. The van der Waals surface area contributed by atoms with E-state index < -0.39 is 46.4 Å². The van der Waals surface area contributed by atoms with Crippen LogP contribution < -0.4 is 41.5 Å². The molecule has 0 aliphatic carbocycles. The first-order valence-corrected chi connectivity index (χ1v) is 28.9. The van der Waals surface area contributed by atoms with Gasteiger partial charge in [0.1, 0.15) is 0 Å². The van der Waals surface area contributed by atoms with Crippen LogP contribution in [-0.4, -0.2) is 35.7 Å². The lowest BCUT2D eigenvalue weighted by atomic mass is 10.1. The Morgan fingerprint density at radius 2 is 0.680 bits per heavy atom. The molecule has 0 N–H and O–H groups in total. The molecule has 11 aromatic carbocycles. The second-order valence-corrected chi connectivity index (χ2v) is 25.9. The first-order chi connectivity index (χ1) is 40.9. The van der Waals surface area contributed by atoms with Crippen LogP contribution in [0.4, 0.5) is 0 Å². The number of nitrogens with zero attached hydrogens (tertiary/aromatic N) is 4. The quantitative estimate of drug-likeness (QED) is 0.0905. The van der Waals surface area contributed by atoms with Gasteiger partial charge < -0.3 is 0 Å².